The van der Waals surface area contributed by atoms with Crippen molar-refractivity contribution in [2.45, 2.75) is 24.7 Å². The minimum atomic E-state index is 0.419. The van der Waals surface area contributed by atoms with Crippen molar-refractivity contribution in [3.05, 3.63) is 35.9 Å². The summed E-state index contributed by atoms with van der Waals surface area (Å²) >= 11 is 1.88. The van der Waals surface area contributed by atoms with Gasteiger partial charge in [-0.2, -0.15) is 11.8 Å². The Balaban J connectivity index is 1.72. The maximum absolute atomic E-state index is 5.64. The van der Waals surface area contributed by atoms with Crippen molar-refractivity contribution in [1.29, 1.82) is 0 Å². The molecule has 1 unspecified atom stereocenters. The van der Waals surface area contributed by atoms with Gasteiger partial charge in [0.25, 0.3) is 0 Å². The Morgan fingerprint density at radius 2 is 2.30 bits per heavy atom. The summed E-state index contributed by atoms with van der Waals surface area (Å²) in [5, 5.41) is 1.15. The summed E-state index contributed by atoms with van der Waals surface area (Å²) in [6.45, 7) is 0.915. The van der Waals surface area contributed by atoms with Gasteiger partial charge in [0.2, 0.25) is 0 Å². The number of anilines is 1. The smallest absolute Gasteiger partial charge is 0.144 e. The van der Waals surface area contributed by atoms with E-state index in [0.29, 0.717) is 6.10 Å². The highest BCUT2D eigenvalue weighted by atomic mass is 32.2. The van der Waals surface area contributed by atoms with Gasteiger partial charge in [-0.05, 0) is 25.0 Å². The third-order valence-electron chi connectivity index (χ3n) is 3.52. The maximum Gasteiger partial charge on any atom is 0.144 e. The number of hydrogen-bond donors (Lipinski definition) is 2. The first-order chi connectivity index (χ1) is 9.86. The number of benzene rings is 1. The second kappa shape index (κ2) is 6.43. The van der Waals surface area contributed by atoms with E-state index in [1.165, 1.54) is 12.8 Å². The molecule has 2 heterocycles. The Labute approximate surface area is 123 Å². The molecule has 1 aromatic heterocycles. The van der Waals surface area contributed by atoms with Crippen LogP contribution in [0.15, 0.2) is 30.3 Å². The molecule has 2 aromatic rings. The van der Waals surface area contributed by atoms with Crippen LogP contribution in [-0.4, -0.2) is 23.4 Å². The Morgan fingerprint density at radius 1 is 1.40 bits per heavy atom. The molecule has 3 N–H and O–H groups in total. The van der Waals surface area contributed by atoms with E-state index < -0.39 is 0 Å². The number of thioether (sulfide) groups is 1. The fourth-order valence-electron chi connectivity index (χ4n) is 2.47. The van der Waals surface area contributed by atoms with Gasteiger partial charge < -0.3 is 10.2 Å². The number of fused-ring (bicyclic) bond motifs is 1. The molecule has 0 amide bonds. The van der Waals surface area contributed by atoms with E-state index in [2.05, 4.69) is 22.5 Å². The molecule has 1 aromatic carbocycles. The van der Waals surface area contributed by atoms with Crippen LogP contribution >= 0.6 is 11.8 Å². The summed E-state index contributed by atoms with van der Waals surface area (Å²) in [4.78, 5) is 4.56. The fraction of sp³-hybridized carbons (Fsp3) is 0.400. The van der Waals surface area contributed by atoms with Gasteiger partial charge in [0.15, 0.2) is 0 Å². The van der Waals surface area contributed by atoms with Gasteiger partial charge in [0.1, 0.15) is 5.82 Å². The monoisotopic (exact) mass is 289 g/mol. The van der Waals surface area contributed by atoms with Crippen LogP contribution in [-0.2, 0) is 10.5 Å². The van der Waals surface area contributed by atoms with Crippen molar-refractivity contribution in [3.8, 4) is 0 Å². The zero-order chi connectivity index (χ0) is 13.8. The highest BCUT2D eigenvalue weighted by Crippen LogP contribution is 2.25. The summed E-state index contributed by atoms with van der Waals surface area (Å²) in [7, 11) is 0. The molecule has 0 spiro atoms. The van der Waals surface area contributed by atoms with Gasteiger partial charge in [-0.15, -0.1) is 0 Å². The SMILES string of the molecule is NNc1nc2ccccc2cc1CSCC1CCCO1. The number of pyridine rings is 1. The van der Waals surface area contributed by atoms with Crippen molar-refractivity contribution in [2.24, 2.45) is 5.84 Å². The molecule has 0 aliphatic carbocycles. The van der Waals surface area contributed by atoms with E-state index in [4.69, 9.17) is 10.6 Å². The van der Waals surface area contributed by atoms with Crippen LogP contribution in [0, 0.1) is 0 Å². The highest BCUT2D eigenvalue weighted by Gasteiger charge is 2.15. The lowest BCUT2D eigenvalue weighted by Gasteiger charge is -2.12. The number of hydrogen-bond acceptors (Lipinski definition) is 5. The predicted molar refractivity (Wildman–Crippen MR) is 84.7 cm³/mol. The summed E-state index contributed by atoms with van der Waals surface area (Å²) in [5.41, 5.74) is 4.82. The van der Waals surface area contributed by atoms with Crippen LogP contribution in [0.25, 0.3) is 10.9 Å². The Hall–Kier alpha value is -1.30. The number of nitrogens with two attached hydrogens (primary N) is 1. The molecule has 1 saturated heterocycles. The van der Waals surface area contributed by atoms with Crippen LogP contribution in [0.3, 0.4) is 0 Å². The molecular formula is C15H19N3OS. The largest absolute Gasteiger partial charge is 0.377 e. The second-order valence-corrected chi connectivity index (χ2v) is 6.01. The minimum Gasteiger partial charge on any atom is -0.377 e. The molecule has 3 rings (SSSR count). The van der Waals surface area contributed by atoms with E-state index in [1.807, 2.05) is 30.0 Å². The van der Waals surface area contributed by atoms with Crippen molar-refractivity contribution < 1.29 is 4.74 Å². The molecule has 4 nitrogen and oxygen atoms in total. The van der Waals surface area contributed by atoms with Gasteiger partial charge in [0, 0.05) is 29.1 Å². The number of nitrogens with one attached hydrogen (secondary N) is 1. The van der Waals surface area contributed by atoms with Gasteiger partial charge >= 0.3 is 0 Å². The Morgan fingerprint density at radius 3 is 3.10 bits per heavy atom. The summed E-state index contributed by atoms with van der Waals surface area (Å²) < 4.78 is 5.64. The zero-order valence-corrected chi connectivity index (χ0v) is 12.2. The average Bonchev–Trinajstić information content (AvgIpc) is 3.00. The Bertz CT molecular complexity index is 584. The van der Waals surface area contributed by atoms with E-state index in [1.54, 1.807) is 0 Å². The maximum atomic E-state index is 5.64. The fourth-order valence-corrected chi connectivity index (χ4v) is 3.55. The van der Waals surface area contributed by atoms with Crippen LogP contribution in [0.5, 0.6) is 0 Å². The van der Waals surface area contributed by atoms with Crippen LogP contribution in [0.2, 0.25) is 0 Å². The van der Waals surface area contributed by atoms with E-state index in [9.17, 15) is 0 Å². The lowest BCUT2D eigenvalue weighted by Crippen LogP contribution is -2.12. The first kappa shape index (κ1) is 13.7. The number of ether oxygens (including phenoxy) is 1. The number of para-hydroxylation sites is 1. The first-order valence-corrected chi connectivity index (χ1v) is 8.07. The quantitative estimate of drug-likeness (QED) is 0.654. The molecule has 1 aliphatic rings. The van der Waals surface area contributed by atoms with E-state index in [-0.39, 0.29) is 0 Å². The first-order valence-electron chi connectivity index (χ1n) is 6.91. The van der Waals surface area contributed by atoms with Gasteiger partial charge in [-0.1, -0.05) is 18.2 Å². The lowest BCUT2D eigenvalue weighted by atomic mass is 10.1. The van der Waals surface area contributed by atoms with E-state index in [0.717, 1.165) is 40.4 Å². The van der Waals surface area contributed by atoms with Gasteiger partial charge in [-0.3, -0.25) is 0 Å². The molecule has 5 heteroatoms. The molecule has 1 fully saturated rings. The van der Waals surface area contributed by atoms with Gasteiger partial charge in [0.05, 0.1) is 11.6 Å². The molecule has 106 valence electrons. The second-order valence-electron chi connectivity index (χ2n) is 4.98. The van der Waals surface area contributed by atoms with Crippen molar-refractivity contribution >= 4 is 28.5 Å². The average molecular weight is 289 g/mol. The van der Waals surface area contributed by atoms with Crippen molar-refractivity contribution in [1.82, 2.24) is 4.98 Å². The number of nitrogen functional groups attached to an aromatic ring is 1. The lowest BCUT2D eigenvalue weighted by molar-refractivity contribution is 0.129. The standard InChI is InChI=1S/C15H19N3OS/c16-18-15-12(9-20-10-13-5-3-7-19-13)8-11-4-1-2-6-14(11)17-15/h1-2,4,6,8,13H,3,5,7,9-10,16H2,(H,17,18). The molecular weight excluding hydrogens is 270 g/mol. The van der Waals surface area contributed by atoms with Crippen LogP contribution < -0.4 is 11.3 Å². The minimum absolute atomic E-state index is 0.419. The Kier molecular flexibility index (Phi) is 4.40. The number of aromatic nitrogens is 1. The van der Waals surface area contributed by atoms with Gasteiger partial charge in [-0.25, -0.2) is 10.8 Å². The summed E-state index contributed by atoms with van der Waals surface area (Å²) in [6, 6.07) is 10.3. The number of nitrogens with zero attached hydrogens (tertiary/aromatic N) is 1. The normalized spacial score (nSPS) is 18.6. The summed E-state index contributed by atoms with van der Waals surface area (Å²) in [6.07, 6.45) is 2.80. The summed E-state index contributed by atoms with van der Waals surface area (Å²) in [5.74, 6) is 8.29. The van der Waals surface area contributed by atoms with Crippen LogP contribution in [0.4, 0.5) is 5.82 Å². The number of rotatable bonds is 5. The molecule has 1 atom stereocenters. The third kappa shape index (κ3) is 3.06. The molecule has 0 bridgehead atoms. The van der Waals surface area contributed by atoms with Crippen molar-refractivity contribution in [3.63, 3.8) is 0 Å². The van der Waals surface area contributed by atoms with Crippen molar-refractivity contribution in [2.75, 3.05) is 17.8 Å². The molecule has 20 heavy (non-hydrogen) atoms. The molecule has 0 saturated carbocycles. The molecule has 0 radical (unpaired) electrons. The molecule has 1 aliphatic heterocycles. The van der Waals surface area contributed by atoms with E-state index >= 15 is 0 Å². The highest BCUT2D eigenvalue weighted by molar-refractivity contribution is 7.98. The topological polar surface area (TPSA) is 60.2 Å². The predicted octanol–water partition coefficient (Wildman–Crippen LogP) is 2.93. The number of hydrazine groups is 1. The van der Waals surface area contributed by atoms with Crippen LogP contribution in [0.1, 0.15) is 18.4 Å². The zero-order valence-electron chi connectivity index (χ0n) is 11.3. The third-order valence-corrected chi connectivity index (χ3v) is 4.65.